The molecular formula is C19H23NO2. The fraction of sp³-hybridized carbons (Fsp3) is 0.632. The molecule has 0 amide bonds. The molecule has 1 saturated heterocycles. The van der Waals surface area contributed by atoms with E-state index >= 15 is 0 Å². The third-order valence-electron chi connectivity index (χ3n) is 7.07. The molecule has 2 bridgehead atoms. The highest BCUT2D eigenvalue weighted by molar-refractivity contribution is 5.88. The van der Waals surface area contributed by atoms with Crippen molar-refractivity contribution in [2.45, 2.75) is 62.7 Å². The predicted molar refractivity (Wildman–Crippen MR) is 84.1 cm³/mol. The van der Waals surface area contributed by atoms with Crippen molar-refractivity contribution in [3.05, 3.63) is 35.5 Å². The fourth-order valence-corrected chi connectivity index (χ4v) is 5.88. The summed E-state index contributed by atoms with van der Waals surface area (Å²) in [7, 11) is 0. The SMILES string of the molecule is C[C@]12CC=C3C=C4C=C[C@@H](N)C[C@]45CC[C@]3(O5)[C@@H]1CCC2=O. The van der Waals surface area contributed by atoms with Crippen molar-refractivity contribution >= 4 is 5.78 Å². The molecule has 3 nitrogen and oxygen atoms in total. The Morgan fingerprint density at radius 1 is 1.32 bits per heavy atom. The van der Waals surface area contributed by atoms with E-state index in [1.165, 1.54) is 11.1 Å². The number of rotatable bonds is 0. The van der Waals surface area contributed by atoms with Crippen molar-refractivity contribution in [3.63, 3.8) is 0 Å². The summed E-state index contributed by atoms with van der Waals surface area (Å²) in [5.41, 5.74) is 8.16. The number of fused-ring (bicyclic) bond motifs is 1. The lowest BCUT2D eigenvalue weighted by atomic mass is 9.61. The second-order valence-electron chi connectivity index (χ2n) is 8.11. The van der Waals surface area contributed by atoms with Gasteiger partial charge in [-0.1, -0.05) is 31.2 Å². The topological polar surface area (TPSA) is 52.3 Å². The fourth-order valence-electron chi connectivity index (χ4n) is 5.88. The smallest absolute Gasteiger partial charge is 0.139 e. The van der Waals surface area contributed by atoms with Gasteiger partial charge in [-0.2, -0.15) is 0 Å². The highest BCUT2D eigenvalue weighted by atomic mass is 16.5. The van der Waals surface area contributed by atoms with E-state index in [1.54, 1.807) is 0 Å². The molecule has 5 atom stereocenters. The van der Waals surface area contributed by atoms with Crippen molar-refractivity contribution < 1.29 is 9.53 Å². The summed E-state index contributed by atoms with van der Waals surface area (Å²) in [6, 6.07) is 0.0815. The van der Waals surface area contributed by atoms with Crippen molar-refractivity contribution in [2.75, 3.05) is 0 Å². The summed E-state index contributed by atoms with van der Waals surface area (Å²) in [6.07, 6.45) is 14.4. The molecule has 3 heteroatoms. The molecule has 2 aliphatic heterocycles. The molecule has 2 heterocycles. The van der Waals surface area contributed by atoms with Gasteiger partial charge in [0.25, 0.3) is 0 Å². The van der Waals surface area contributed by atoms with Crippen LogP contribution in [0.5, 0.6) is 0 Å². The quantitative estimate of drug-likeness (QED) is 0.748. The van der Waals surface area contributed by atoms with Crippen molar-refractivity contribution in [3.8, 4) is 0 Å². The molecule has 2 spiro atoms. The number of nitrogens with two attached hydrogens (primary N) is 1. The monoisotopic (exact) mass is 297 g/mol. The van der Waals surface area contributed by atoms with Gasteiger partial charge in [0.15, 0.2) is 0 Å². The van der Waals surface area contributed by atoms with Crippen molar-refractivity contribution in [2.24, 2.45) is 17.1 Å². The molecule has 2 N–H and O–H groups in total. The molecular weight excluding hydrogens is 274 g/mol. The number of ether oxygens (including phenoxy) is 1. The maximum Gasteiger partial charge on any atom is 0.139 e. The number of allylic oxidation sites excluding steroid dienone is 1. The van der Waals surface area contributed by atoms with E-state index in [0.717, 1.165) is 38.5 Å². The van der Waals surface area contributed by atoms with E-state index in [4.69, 9.17) is 10.5 Å². The summed E-state index contributed by atoms with van der Waals surface area (Å²) >= 11 is 0. The summed E-state index contributed by atoms with van der Waals surface area (Å²) in [6.45, 7) is 2.16. The van der Waals surface area contributed by atoms with Crippen molar-refractivity contribution in [1.29, 1.82) is 0 Å². The van der Waals surface area contributed by atoms with Gasteiger partial charge in [0, 0.05) is 23.8 Å². The molecule has 0 radical (unpaired) electrons. The summed E-state index contributed by atoms with van der Waals surface area (Å²) < 4.78 is 6.86. The van der Waals surface area contributed by atoms with Crippen LogP contribution in [0.4, 0.5) is 0 Å². The van der Waals surface area contributed by atoms with Crippen LogP contribution in [0.15, 0.2) is 35.5 Å². The first kappa shape index (κ1) is 13.3. The van der Waals surface area contributed by atoms with Crippen LogP contribution in [-0.2, 0) is 9.53 Å². The van der Waals surface area contributed by atoms with E-state index in [-0.39, 0.29) is 22.7 Å². The lowest BCUT2D eigenvalue weighted by Crippen LogP contribution is -2.54. The zero-order chi connectivity index (χ0) is 15.2. The van der Waals surface area contributed by atoms with Gasteiger partial charge in [0.1, 0.15) is 5.78 Å². The molecule has 5 aliphatic rings. The third-order valence-corrected chi connectivity index (χ3v) is 7.07. The zero-order valence-corrected chi connectivity index (χ0v) is 13.1. The van der Waals surface area contributed by atoms with Crippen molar-refractivity contribution in [1.82, 2.24) is 0 Å². The Kier molecular flexibility index (Phi) is 2.31. The average molecular weight is 297 g/mol. The summed E-state index contributed by atoms with van der Waals surface area (Å²) in [5.74, 6) is 0.772. The van der Waals surface area contributed by atoms with E-state index in [1.807, 2.05) is 0 Å². The lowest BCUT2D eigenvalue weighted by Gasteiger charge is -2.51. The van der Waals surface area contributed by atoms with Gasteiger partial charge < -0.3 is 10.5 Å². The average Bonchev–Trinajstić information content (AvgIpc) is 2.95. The number of hydrogen-bond acceptors (Lipinski definition) is 3. The van der Waals surface area contributed by atoms with Crippen LogP contribution >= 0.6 is 0 Å². The molecule has 22 heavy (non-hydrogen) atoms. The second kappa shape index (κ2) is 3.82. The number of carbonyl (C=O) groups excluding carboxylic acids is 1. The molecule has 2 fully saturated rings. The van der Waals surface area contributed by atoms with Crippen LogP contribution in [0.25, 0.3) is 0 Å². The summed E-state index contributed by atoms with van der Waals surface area (Å²) in [5, 5.41) is 0. The van der Waals surface area contributed by atoms with Gasteiger partial charge >= 0.3 is 0 Å². The highest BCUT2D eigenvalue weighted by Crippen LogP contribution is 2.64. The molecule has 0 aromatic rings. The van der Waals surface area contributed by atoms with Gasteiger partial charge in [-0.15, -0.1) is 0 Å². The minimum absolute atomic E-state index is 0.0815. The molecule has 0 aromatic heterocycles. The van der Waals surface area contributed by atoms with Crippen LogP contribution in [0, 0.1) is 11.3 Å². The minimum Gasteiger partial charge on any atom is -0.359 e. The Bertz CT molecular complexity index is 675. The first-order valence-electron chi connectivity index (χ1n) is 8.59. The van der Waals surface area contributed by atoms with E-state index < -0.39 is 0 Å². The standard InChI is InChI=1S/C19H23NO2/c1-17-7-6-13-10-12-2-3-14(20)11-18(12)8-9-19(13,22-18)15(17)4-5-16(17)21/h2-3,6,10,14-15H,4-5,7-9,11,20H2,1H3/t14-,15-,17+,18-,19-/m1/s1. The predicted octanol–water partition coefficient (Wildman–Crippen LogP) is 2.82. The summed E-state index contributed by atoms with van der Waals surface area (Å²) in [4.78, 5) is 12.5. The van der Waals surface area contributed by atoms with Gasteiger partial charge in [0.2, 0.25) is 0 Å². The van der Waals surface area contributed by atoms with E-state index in [9.17, 15) is 4.79 Å². The van der Waals surface area contributed by atoms with Gasteiger partial charge in [-0.3, -0.25) is 4.79 Å². The Balaban J connectivity index is 1.69. The first-order valence-corrected chi connectivity index (χ1v) is 8.59. The largest absolute Gasteiger partial charge is 0.359 e. The number of hydrogen-bond donors (Lipinski definition) is 1. The number of carbonyl (C=O) groups is 1. The Morgan fingerprint density at radius 3 is 3.05 bits per heavy atom. The van der Waals surface area contributed by atoms with Crippen LogP contribution in [0.2, 0.25) is 0 Å². The lowest BCUT2D eigenvalue weighted by molar-refractivity contribution is -0.143. The molecule has 1 saturated carbocycles. The van der Waals surface area contributed by atoms with E-state index in [2.05, 4.69) is 31.2 Å². The van der Waals surface area contributed by atoms with Crippen LogP contribution in [-0.4, -0.2) is 23.0 Å². The highest BCUT2D eigenvalue weighted by Gasteiger charge is 2.66. The molecule has 0 unspecified atom stereocenters. The molecule has 3 aliphatic carbocycles. The zero-order valence-electron chi connectivity index (χ0n) is 13.1. The molecule has 116 valence electrons. The third kappa shape index (κ3) is 1.34. The number of ketones is 1. The van der Waals surface area contributed by atoms with E-state index in [0.29, 0.717) is 11.7 Å². The minimum atomic E-state index is -0.229. The Morgan fingerprint density at radius 2 is 2.18 bits per heavy atom. The van der Waals surface area contributed by atoms with Crippen LogP contribution in [0.3, 0.4) is 0 Å². The van der Waals surface area contributed by atoms with Gasteiger partial charge in [-0.25, -0.2) is 0 Å². The van der Waals surface area contributed by atoms with Crippen LogP contribution in [0.1, 0.15) is 45.4 Å². The van der Waals surface area contributed by atoms with Crippen LogP contribution < -0.4 is 5.73 Å². The maximum atomic E-state index is 12.5. The first-order chi connectivity index (χ1) is 10.5. The second-order valence-corrected chi connectivity index (χ2v) is 8.11. The normalized spacial score (nSPS) is 51.8. The number of Topliss-reactive ketones (excluding diaryl/α,β-unsaturated/α-hetero) is 1. The molecule has 0 aromatic carbocycles. The Hall–Kier alpha value is -1.19. The van der Waals surface area contributed by atoms with Gasteiger partial charge in [0.05, 0.1) is 11.2 Å². The molecule has 5 rings (SSSR count). The maximum absolute atomic E-state index is 12.5. The van der Waals surface area contributed by atoms with Gasteiger partial charge in [-0.05, 0) is 43.3 Å². The Labute approximate surface area is 131 Å².